The number of aromatic nitrogens is 2. The number of anilines is 1. The Morgan fingerprint density at radius 3 is 3.00 bits per heavy atom. The molecule has 1 heterocycles. The molecule has 0 amide bonds. The van der Waals surface area contributed by atoms with Crippen LogP contribution in [0.5, 0.6) is 5.75 Å². The summed E-state index contributed by atoms with van der Waals surface area (Å²) < 4.78 is 7.61. The highest BCUT2D eigenvalue weighted by atomic mass is 16.5. The van der Waals surface area contributed by atoms with Gasteiger partial charge in [0.05, 0.1) is 12.8 Å². The maximum Gasteiger partial charge on any atom is 0.122 e. The highest BCUT2D eigenvalue weighted by molar-refractivity contribution is 5.48. The lowest BCUT2D eigenvalue weighted by Gasteiger charge is -2.10. The largest absolute Gasteiger partial charge is 0.493 e. The first-order valence-electron chi connectivity index (χ1n) is 6.28. The predicted molar refractivity (Wildman–Crippen MR) is 77.2 cm³/mol. The van der Waals surface area contributed by atoms with Crippen molar-refractivity contribution in [1.29, 1.82) is 0 Å². The molecule has 0 atom stereocenters. The van der Waals surface area contributed by atoms with Crippen molar-refractivity contribution < 1.29 is 4.74 Å². The van der Waals surface area contributed by atoms with E-state index in [1.54, 1.807) is 4.68 Å². The second-order valence-corrected chi connectivity index (χ2v) is 4.48. The van der Waals surface area contributed by atoms with Crippen LogP contribution in [-0.4, -0.2) is 16.4 Å². The van der Waals surface area contributed by atoms with Crippen LogP contribution in [-0.2, 0) is 19.9 Å². The van der Waals surface area contributed by atoms with Crippen molar-refractivity contribution in [2.24, 2.45) is 7.05 Å². The highest BCUT2D eigenvalue weighted by Crippen LogP contribution is 2.22. The van der Waals surface area contributed by atoms with Crippen molar-refractivity contribution in [3.8, 4) is 5.75 Å². The number of nitrogen functional groups attached to an aromatic ring is 1. The van der Waals surface area contributed by atoms with Gasteiger partial charge in [-0.2, -0.15) is 5.10 Å². The van der Waals surface area contributed by atoms with E-state index < -0.39 is 0 Å². The quantitative estimate of drug-likeness (QED) is 0.638. The minimum Gasteiger partial charge on any atom is -0.493 e. The van der Waals surface area contributed by atoms with Crippen LogP contribution in [0.2, 0.25) is 0 Å². The summed E-state index contributed by atoms with van der Waals surface area (Å²) >= 11 is 0. The first kappa shape index (κ1) is 13.2. The number of nitrogens with two attached hydrogens (primary N) is 1. The fraction of sp³-hybridized carbons (Fsp3) is 0.267. The smallest absolute Gasteiger partial charge is 0.122 e. The van der Waals surface area contributed by atoms with Crippen molar-refractivity contribution in [3.63, 3.8) is 0 Å². The molecule has 4 heteroatoms. The lowest BCUT2D eigenvalue weighted by Crippen LogP contribution is -2.03. The number of rotatable bonds is 6. The van der Waals surface area contributed by atoms with Crippen LogP contribution in [0.4, 0.5) is 5.69 Å². The average Bonchev–Trinajstić information content (AvgIpc) is 2.78. The molecule has 100 valence electrons. The van der Waals surface area contributed by atoms with Gasteiger partial charge in [0, 0.05) is 25.4 Å². The first-order chi connectivity index (χ1) is 9.19. The molecule has 0 fully saturated rings. The lowest BCUT2D eigenvalue weighted by atomic mass is 10.1. The zero-order valence-electron chi connectivity index (χ0n) is 11.2. The number of hydrogen-bond donors (Lipinski definition) is 1. The molecule has 1 aromatic carbocycles. The SMILES string of the molecule is C=CCc1cc(N)ccc1OCCc1cnn(C)c1. The Labute approximate surface area is 113 Å². The summed E-state index contributed by atoms with van der Waals surface area (Å²) in [5.74, 6) is 0.873. The fourth-order valence-electron chi connectivity index (χ4n) is 1.94. The summed E-state index contributed by atoms with van der Waals surface area (Å²) in [5.41, 5.74) is 8.77. The Hall–Kier alpha value is -2.23. The minimum absolute atomic E-state index is 0.625. The predicted octanol–water partition coefficient (Wildman–Crippen LogP) is 2.35. The zero-order chi connectivity index (χ0) is 13.7. The van der Waals surface area contributed by atoms with Gasteiger partial charge in [-0.25, -0.2) is 0 Å². The van der Waals surface area contributed by atoms with E-state index in [0.717, 1.165) is 29.8 Å². The van der Waals surface area contributed by atoms with Gasteiger partial charge in [0.2, 0.25) is 0 Å². The molecule has 0 bridgehead atoms. The summed E-state index contributed by atoms with van der Waals surface area (Å²) in [7, 11) is 1.91. The number of ether oxygens (including phenoxy) is 1. The van der Waals surface area contributed by atoms with E-state index in [9.17, 15) is 0 Å². The molecule has 2 rings (SSSR count). The molecule has 0 unspecified atom stereocenters. The first-order valence-corrected chi connectivity index (χ1v) is 6.28. The normalized spacial score (nSPS) is 10.4. The van der Waals surface area contributed by atoms with Crippen molar-refractivity contribution in [3.05, 3.63) is 54.4 Å². The van der Waals surface area contributed by atoms with Crippen LogP contribution in [0.25, 0.3) is 0 Å². The van der Waals surface area contributed by atoms with Gasteiger partial charge < -0.3 is 10.5 Å². The molecule has 0 aliphatic heterocycles. The van der Waals surface area contributed by atoms with Crippen LogP contribution in [0, 0.1) is 0 Å². The maximum atomic E-state index is 5.82. The minimum atomic E-state index is 0.625. The summed E-state index contributed by atoms with van der Waals surface area (Å²) in [6.45, 7) is 4.37. The summed E-state index contributed by atoms with van der Waals surface area (Å²) in [6.07, 6.45) is 7.30. The standard InChI is InChI=1S/C15H19N3O/c1-3-4-13-9-14(16)5-6-15(13)19-8-7-12-10-17-18(2)11-12/h3,5-6,9-11H,1,4,7-8,16H2,2H3. The van der Waals surface area contributed by atoms with E-state index in [0.29, 0.717) is 6.61 Å². The Morgan fingerprint density at radius 2 is 2.32 bits per heavy atom. The van der Waals surface area contributed by atoms with Gasteiger partial charge in [0.25, 0.3) is 0 Å². The van der Waals surface area contributed by atoms with E-state index in [-0.39, 0.29) is 0 Å². The summed E-state index contributed by atoms with van der Waals surface area (Å²) in [4.78, 5) is 0. The third-order valence-electron chi connectivity index (χ3n) is 2.86. The molecule has 2 N–H and O–H groups in total. The molecular formula is C15H19N3O. The number of nitrogens with zero attached hydrogens (tertiary/aromatic N) is 2. The third-order valence-corrected chi connectivity index (χ3v) is 2.86. The topological polar surface area (TPSA) is 53.1 Å². The molecule has 0 radical (unpaired) electrons. The van der Waals surface area contributed by atoms with E-state index in [1.165, 1.54) is 5.56 Å². The molecule has 0 aliphatic rings. The van der Waals surface area contributed by atoms with Crippen molar-refractivity contribution >= 4 is 5.69 Å². The van der Waals surface area contributed by atoms with E-state index >= 15 is 0 Å². The average molecular weight is 257 g/mol. The van der Waals surface area contributed by atoms with Crippen molar-refractivity contribution in [2.45, 2.75) is 12.8 Å². The number of hydrogen-bond acceptors (Lipinski definition) is 3. The van der Waals surface area contributed by atoms with Gasteiger partial charge in [-0.1, -0.05) is 6.08 Å². The Balaban J connectivity index is 1.96. The van der Waals surface area contributed by atoms with Crippen LogP contribution >= 0.6 is 0 Å². The molecule has 0 aliphatic carbocycles. The van der Waals surface area contributed by atoms with E-state index in [4.69, 9.17) is 10.5 Å². The van der Waals surface area contributed by atoms with Crippen LogP contribution in [0.15, 0.2) is 43.2 Å². The van der Waals surface area contributed by atoms with Gasteiger partial charge >= 0.3 is 0 Å². The van der Waals surface area contributed by atoms with Gasteiger partial charge in [-0.15, -0.1) is 6.58 Å². The fourth-order valence-corrected chi connectivity index (χ4v) is 1.94. The van der Waals surface area contributed by atoms with Crippen molar-refractivity contribution in [2.75, 3.05) is 12.3 Å². The van der Waals surface area contributed by atoms with Gasteiger partial charge in [0.1, 0.15) is 5.75 Å². The van der Waals surface area contributed by atoms with Crippen LogP contribution in [0.3, 0.4) is 0 Å². The number of aryl methyl sites for hydroxylation is 1. The molecule has 1 aromatic heterocycles. The molecule has 19 heavy (non-hydrogen) atoms. The van der Waals surface area contributed by atoms with Gasteiger partial charge in [-0.05, 0) is 35.7 Å². The van der Waals surface area contributed by atoms with Crippen molar-refractivity contribution in [1.82, 2.24) is 9.78 Å². The van der Waals surface area contributed by atoms with Gasteiger partial charge in [-0.3, -0.25) is 4.68 Å². The Bertz CT molecular complexity index is 560. The van der Waals surface area contributed by atoms with Gasteiger partial charge in [0.15, 0.2) is 0 Å². The summed E-state index contributed by atoms with van der Waals surface area (Å²) in [5, 5.41) is 4.13. The molecule has 0 saturated heterocycles. The highest BCUT2D eigenvalue weighted by Gasteiger charge is 2.04. The molecule has 0 spiro atoms. The van der Waals surface area contributed by atoms with E-state index in [1.807, 2.05) is 43.7 Å². The second kappa shape index (κ2) is 6.09. The monoisotopic (exact) mass is 257 g/mol. The molecule has 0 saturated carbocycles. The molecular weight excluding hydrogens is 238 g/mol. The molecule has 4 nitrogen and oxygen atoms in total. The molecule has 2 aromatic rings. The Kier molecular flexibility index (Phi) is 4.23. The zero-order valence-corrected chi connectivity index (χ0v) is 11.2. The number of benzene rings is 1. The maximum absolute atomic E-state index is 5.82. The third kappa shape index (κ3) is 3.61. The Morgan fingerprint density at radius 1 is 1.47 bits per heavy atom. The van der Waals surface area contributed by atoms with E-state index in [2.05, 4.69) is 11.7 Å². The summed E-state index contributed by atoms with van der Waals surface area (Å²) in [6, 6.07) is 5.70. The second-order valence-electron chi connectivity index (χ2n) is 4.48. The van der Waals surface area contributed by atoms with Crippen LogP contribution in [0.1, 0.15) is 11.1 Å². The number of allylic oxidation sites excluding steroid dienone is 1. The lowest BCUT2D eigenvalue weighted by molar-refractivity contribution is 0.319. The van der Waals surface area contributed by atoms with Crippen LogP contribution < -0.4 is 10.5 Å².